The predicted molar refractivity (Wildman–Crippen MR) is 104 cm³/mol. The van der Waals surface area contributed by atoms with Crippen LogP contribution in [0.25, 0.3) is 5.69 Å². The first kappa shape index (κ1) is 17.6. The van der Waals surface area contributed by atoms with Crippen molar-refractivity contribution >= 4 is 22.4 Å². The van der Waals surface area contributed by atoms with E-state index < -0.39 is 0 Å². The number of amides is 1. The van der Waals surface area contributed by atoms with Crippen molar-refractivity contribution in [2.24, 2.45) is 0 Å². The molecule has 138 valence electrons. The Morgan fingerprint density at radius 3 is 2.96 bits per heavy atom. The fraction of sp³-hybridized carbons (Fsp3) is 0.250. The van der Waals surface area contributed by atoms with Crippen molar-refractivity contribution in [1.29, 1.82) is 0 Å². The van der Waals surface area contributed by atoms with Crippen LogP contribution >= 0.6 is 11.3 Å². The highest BCUT2D eigenvalue weighted by atomic mass is 32.1. The standard InChI is InChI=1S/C20H19FN4OS/c1-2-11-24(20-22-16-8-3-4-9-18(16)27-20)19(26)17-10-12-25(23-17)15-7-5-6-14(21)13-15/h2,5-7,10,12-13H,1,3-4,8-9,11H2. The number of thiazole rings is 1. The zero-order chi connectivity index (χ0) is 18.8. The molecule has 1 aliphatic rings. The van der Waals surface area contributed by atoms with Crippen LogP contribution < -0.4 is 4.90 Å². The molecule has 3 aromatic rings. The van der Waals surface area contributed by atoms with E-state index in [1.54, 1.807) is 46.7 Å². The second-order valence-electron chi connectivity index (χ2n) is 6.40. The fourth-order valence-electron chi connectivity index (χ4n) is 3.17. The SMILES string of the molecule is C=CCN(C(=O)c1ccn(-c2cccc(F)c2)n1)c1nc2c(s1)CCCC2. The van der Waals surface area contributed by atoms with Gasteiger partial charge in [-0.25, -0.2) is 14.1 Å². The Morgan fingerprint density at radius 2 is 2.19 bits per heavy atom. The number of hydrogen-bond acceptors (Lipinski definition) is 4. The lowest BCUT2D eigenvalue weighted by atomic mass is 10.0. The highest BCUT2D eigenvalue weighted by molar-refractivity contribution is 7.16. The zero-order valence-corrected chi connectivity index (χ0v) is 15.6. The summed E-state index contributed by atoms with van der Waals surface area (Å²) in [6.07, 6.45) is 7.64. The monoisotopic (exact) mass is 382 g/mol. The number of fused-ring (bicyclic) bond motifs is 1. The molecule has 7 heteroatoms. The molecule has 0 unspecified atom stereocenters. The van der Waals surface area contributed by atoms with Crippen LogP contribution in [0.4, 0.5) is 9.52 Å². The van der Waals surface area contributed by atoms with E-state index in [1.165, 1.54) is 28.1 Å². The number of carbonyl (C=O) groups excluding carboxylic acids is 1. The predicted octanol–water partition coefficient (Wildman–Crippen LogP) is 4.18. The Balaban J connectivity index is 1.63. The Hall–Kier alpha value is -2.80. The van der Waals surface area contributed by atoms with Crippen LogP contribution in [0, 0.1) is 5.82 Å². The number of carbonyl (C=O) groups is 1. The van der Waals surface area contributed by atoms with Crippen molar-refractivity contribution in [1.82, 2.24) is 14.8 Å². The maximum Gasteiger partial charge on any atom is 0.280 e. The molecule has 0 radical (unpaired) electrons. The van der Waals surface area contributed by atoms with Gasteiger partial charge >= 0.3 is 0 Å². The summed E-state index contributed by atoms with van der Waals surface area (Å²) < 4.78 is 14.9. The molecule has 0 aliphatic heterocycles. The lowest BCUT2D eigenvalue weighted by Gasteiger charge is -2.16. The maximum absolute atomic E-state index is 13.4. The van der Waals surface area contributed by atoms with Crippen molar-refractivity contribution in [3.8, 4) is 5.69 Å². The first-order valence-electron chi connectivity index (χ1n) is 8.88. The van der Waals surface area contributed by atoms with Crippen molar-refractivity contribution in [3.05, 3.63) is 71.3 Å². The molecule has 0 fully saturated rings. The molecule has 0 saturated heterocycles. The number of aromatic nitrogens is 3. The largest absolute Gasteiger partial charge is 0.280 e. The van der Waals surface area contributed by atoms with Crippen LogP contribution in [-0.2, 0) is 12.8 Å². The van der Waals surface area contributed by atoms with E-state index >= 15 is 0 Å². The number of hydrogen-bond donors (Lipinski definition) is 0. The summed E-state index contributed by atoms with van der Waals surface area (Å²) in [6.45, 7) is 4.12. The molecular formula is C20H19FN4OS. The molecule has 2 heterocycles. The van der Waals surface area contributed by atoms with Crippen molar-refractivity contribution in [2.75, 3.05) is 11.4 Å². The topological polar surface area (TPSA) is 51.0 Å². The number of anilines is 1. The zero-order valence-electron chi connectivity index (χ0n) is 14.8. The average Bonchev–Trinajstić information content (AvgIpc) is 3.32. The Morgan fingerprint density at radius 1 is 1.33 bits per heavy atom. The van der Waals surface area contributed by atoms with Gasteiger partial charge in [0.1, 0.15) is 5.82 Å². The number of benzene rings is 1. The molecule has 2 aromatic heterocycles. The quantitative estimate of drug-likeness (QED) is 0.622. The molecule has 1 amide bonds. The molecule has 1 aromatic carbocycles. The van der Waals surface area contributed by atoms with Crippen molar-refractivity contribution < 1.29 is 9.18 Å². The van der Waals surface area contributed by atoms with E-state index in [-0.39, 0.29) is 17.4 Å². The molecule has 4 rings (SSSR count). The normalized spacial score (nSPS) is 13.2. The van der Waals surface area contributed by atoms with Crippen molar-refractivity contribution in [3.63, 3.8) is 0 Å². The average molecular weight is 382 g/mol. The van der Waals surface area contributed by atoms with Crippen LogP contribution in [-0.4, -0.2) is 27.2 Å². The summed E-state index contributed by atoms with van der Waals surface area (Å²) in [5.74, 6) is -0.589. The van der Waals surface area contributed by atoms with Crippen LogP contribution in [0.5, 0.6) is 0 Å². The van der Waals surface area contributed by atoms with Crippen molar-refractivity contribution in [2.45, 2.75) is 25.7 Å². The van der Waals surface area contributed by atoms with Crippen LogP contribution in [0.3, 0.4) is 0 Å². The minimum absolute atomic E-state index is 0.240. The first-order valence-corrected chi connectivity index (χ1v) is 9.70. The third kappa shape index (κ3) is 3.55. The summed E-state index contributed by atoms with van der Waals surface area (Å²) in [5.41, 5.74) is 1.96. The molecule has 0 N–H and O–H groups in total. The molecule has 0 atom stereocenters. The Kier molecular flexibility index (Phi) is 4.85. The van der Waals surface area contributed by atoms with Crippen LogP contribution in [0.1, 0.15) is 33.9 Å². The van der Waals surface area contributed by atoms with Gasteiger partial charge in [0, 0.05) is 17.6 Å². The fourth-order valence-corrected chi connectivity index (χ4v) is 4.33. The van der Waals surface area contributed by atoms with Gasteiger partial charge in [-0.05, 0) is 49.9 Å². The molecule has 0 spiro atoms. The molecule has 0 saturated carbocycles. The van der Waals surface area contributed by atoms with Crippen LogP contribution in [0.2, 0.25) is 0 Å². The number of aryl methyl sites for hydroxylation is 2. The summed E-state index contributed by atoms with van der Waals surface area (Å²) in [6, 6.07) is 7.72. The van der Waals surface area contributed by atoms with E-state index in [1.807, 2.05) is 0 Å². The highest BCUT2D eigenvalue weighted by Crippen LogP contribution is 2.32. The van der Waals surface area contributed by atoms with Gasteiger partial charge in [-0.15, -0.1) is 17.9 Å². The number of nitrogens with zero attached hydrogens (tertiary/aromatic N) is 4. The Labute approximate surface area is 160 Å². The number of rotatable bonds is 5. The summed E-state index contributed by atoms with van der Waals surface area (Å²) in [7, 11) is 0. The van der Waals surface area contributed by atoms with E-state index in [2.05, 4.69) is 16.7 Å². The van der Waals surface area contributed by atoms with Gasteiger partial charge in [-0.3, -0.25) is 9.69 Å². The van der Waals surface area contributed by atoms with Gasteiger partial charge in [0.15, 0.2) is 10.8 Å². The summed E-state index contributed by atoms with van der Waals surface area (Å²) in [4.78, 5) is 20.6. The Bertz CT molecular complexity index is 970. The first-order chi connectivity index (χ1) is 13.2. The van der Waals surface area contributed by atoms with E-state index in [0.29, 0.717) is 17.4 Å². The highest BCUT2D eigenvalue weighted by Gasteiger charge is 2.25. The third-order valence-corrected chi connectivity index (χ3v) is 5.68. The second-order valence-corrected chi connectivity index (χ2v) is 7.47. The van der Waals surface area contributed by atoms with Gasteiger partial charge in [-0.1, -0.05) is 12.1 Å². The minimum Gasteiger partial charge on any atom is -0.279 e. The van der Waals surface area contributed by atoms with E-state index in [0.717, 1.165) is 25.0 Å². The van der Waals surface area contributed by atoms with Gasteiger partial charge in [0.2, 0.25) is 0 Å². The lowest BCUT2D eigenvalue weighted by molar-refractivity contribution is 0.0984. The van der Waals surface area contributed by atoms with E-state index in [9.17, 15) is 9.18 Å². The van der Waals surface area contributed by atoms with Gasteiger partial charge in [0.25, 0.3) is 5.91 Å². The molecule has 5 nitrogen and oxygen atoms in total. The second kappa shape index (κ2) is 7.44. The number of halogens is 1. The molecule has 0 bridgehead atoms. The lowest BCUT2D eigenvalue weighted by Crippen LogP contribution is -2.31. The van der Waals surface area contributed by atoms with E-state index in [4.69, 9.17) is 0 Å². The van der Waals surface area contributed by atoms with Gasteiger partial charge in [0.05, 0.1) is 11.4 Å². The smallest absolute Gasteiger partial charge is 0.279 e. The van der Waals surface area contributed by atoms with Gasteiger partial charge in [-0.2, -0.15) is 5.10 Å². The maximum atomic E-state index is 13.4. The molecule has 1 aliphatic carbocycles. The molecule has 27 heavy (non-hydrogen) atoms. The molecular weight excluding hydrogens is 363 g/mol. The minimum atomic E-state index is -0.350. The third-order valence-electron chi connectivity index (χ3n) is 4.50. The summed E-state index contributed by atoms with van der Waals surface area (Å²) >= 11 is 1.57. The summed E-state index contributed by atoms with van der Waals surface area (Å²) in [5, 5.41) is 5.02. The van der Waals surface area contributed by atoms with Gasteiger partial charge < -0.3 is 0 Å². The van der Waals surface area contributed by atoms with Crippen LogP contribution in [0.15, 0.2) is 49.2 Å².